The molecule has 5 nitrogen and oxygen atoms in total. The Morgan fingerprint density at radius 1 is 1.24 bits per heavy atom. The van der Waals surface area contributed by atoms with Crippen molar-refractivity contribution in [2.45, 2.75) is 13.8 Å². The highest BCUT2D eigenvalue weighted by Gasteiger charge is 2.07. The number of benzene rings is 2. The second-order valence-electron chi connectivity index (χ2n) is 5.29. The van der Waals surface area contributed by atoms with Crippen LogP contribution in [-0.4, -0.2) is 23.8 Å². The highest BCUT2D eigenvalue weighted by Crippen LogP contribution is 2.32. The number of hydrogen-bond donors (Lipinski definition) is 2. The molecule has 0 bridgehead atoms. The van der Waals surface area contributed by atoms with Gasteiger partial charge in [0, 0.05) is 5.02 Å². The lowest BCUT2D eigenvalue weighted by molar-refractivity contribution is -0.123. The van der Waals surface area contributed by atoms with Crippen LogP contribution < -0.4 is 10.2 Å². The summed E-state index contributed by atoms with van der Waals surface area (Å²) in [6.07, 6.45) is 1.46. The van der Waals surface area contributed by atoms with Gasteiger partial charge in [-0.25, -0.2) is 5.43 Å². The standard InChI is InChI=1S/C17H15Br2ClN2O3/c1-9-3-12(4-10(2)16(9)20)25-8-15(23)22-21-7-11-5-13(18)17(24)14(19)6-11/h3-7,24H,8H2,1-2H3,(H,22,23). The molecule has 25 heavy (non-hydrogen) atoms. The molecule has 0 heterocycles. The van der Waals surface area contributed by atoms with E-state index in [1.165, 1.54) is 6.21 Å². The van der Waals surface area contributed by atoms with E-state index in [9.17, 15) is 9.90 Å². The van der Waals surface area contributed by atoms with Gasteiger partial charge in [0.2, 0.25) is 0 Å². The molecule has 132 valence electrons. The van der Waals surface area contributed by atoms with Crippen molar-refractivity contribution in [3.8, 4) is 11.5 Å². The van der Waals surface area contributed by atoms with Crippen molar-refractivity contribution in [2.24, 2.45) is 5.10 Å². The molecule has 0 radical (unpaired) electrons. The molecule has 0 atom stereocenters. The van der Waals surface area contributed by atoms with Crippen LogP contribution in [0.3, 0.4) is 0 Å². The Morgan fingerprint density at radius 2 is 1.80 bits per heavy atom. The van der Waals surface area contributed by atoms with E-state index in [4.69, 9.17) is 16.3 Å². The normalized spacial score (nSPS) is 10.9. The SMILES string of the molecule is Cc1cc(OCC(=O)NN=Cc2cc(Br)c(O)c(Br)c2)cc(C)c1Cl. The van der Waals surface area contributed by atoms with Gasteiger partial charge in [-0.2, -0.15) is 5.10 Å². The van der Waals surface area contributed by atoms with Crippen LogP contribution >= 0.6 is 43.5 Å². The zero-order valence-corrected chi connectivity index (χ0v) is 17.4. The maximum atomic E-state index is 11.8. The summed E-state index contributed by atoms with van der Waals surface area (Å²) < 4.78 is 6.49. The van der Waals surface area contributed by atoms with Crippen LogP contribution in [0.25, 0.3) is 0 Å². The Bertz CT molecular complexity index is 795. The zero-order chi connectivity index (χ0) is 18.6. The molecule has 0 unspecified atom stereocenters. The molecule has 8 heteroatoms. The smallest absolute Gasteiger partial charge is 0.277 e. The number of halogens is 3. The van der Waals surface area contributed by atoms with Crippen molar-refractivity contribution in [1.82, 2.24) is 5.43 Å². The summed E-state index contributed by atoms with van der Waals surface area (Å²) in [4.78, 5) is 11.8. The predicted molar refractivity (Wildman–Crippen MR) is 106 cm³/mol. The quantitative estimate of drug-likeness (QED) is 0.471. The predicted octanol–water partition coefficient (Wildman–Crippen LogP) is 4.72. The van der Waals surface area contributed by atoms with Crippen LogP contribution in [0, 0.1) is 13.8 Å². The molecular formula is C17H15Br2ClN2O3. The second-order valence-corrected chi connectivity index (χ2v) is 7.37. The molecule has 0 fully saturated rings. The van der Waals surface area contributed by atoms with Crippen molar-refractivity contribution in [2.75, 3.05) is 6.61 Å². The molecule has 0 aromatic heterocycles. The van der Waals surface area contributed by atoms with Crippen molar-refractivity contribution >= 4 is 55.6 Å². The molecule has 2 aromatic rings. The van der Waals surface area contributed by atoms with Crippen molar-refractivity contribution in [3.05, 3.63) is 54.9 Å². The number of hydrogen-bond acceptors (Lipinski definition) is 4. The third-order valence-corrected chi connectivity index (χ3v) is 5.03. The van der Waals surface area contributed by atoms with Crippen LogP contribution in [0.5, 0.6) is 11.5 Å². The van der Waals surface area contributed by atoms with E-state index >= 15 is 0 Å². The van der Waals surface area contributed by atoms with E-state index in [0.717, 1.165) is 11.1 Å². The Balaban J connectivity index is 1.91. The summed E-state index contributed by atoms with van der Waals surface area (Å²) in [6, 6.07) is 6.89. The Hall–Kier alpha value is -1.57. The maximum absolute atomic E-state index is 11.8. The topological polar surface area (TPSA) is 70.9 Å². The maximum Gasteiger partial charge on any atom is 0.277 e. The van der Waals surface area contributed by atoms with Crippen LogP contribution in [0.15, 0.2) is 38.3 Å². The molecule has 0 aliphatic heterocycles. The molecule has 0 spiro atoms. The average Bonchev–Trinajstić information content (AvgIpc) is 2.55. The zero-order valence-electron chi connectivity index (χ0n) is 13.4. The molecule has 0 saturated heterocycles. The van der Waals surface area contributed by atoms with Gasteiger partial charge in [-0.3, -0.25) is 4.79 Å². The molecular weight excluding hydrogens is 475 g/mol. The number of hydrazone groups is 1. The molecule has 1 amide bonds. The number of rotatable bonds is 5. The van der Waals surface area contributed by atoms with E-state index in [2.05, 4.69) is 42.4 Å². The van der Waals surface area contributed by atoms with Crippen molar-refractivity contribution in [1.29, 1.82) is 0 Å². The fourth-order valence-electron chi connectivity index (χ4n) is 2.01. The minimum Gasteiger partial charge on any atom is -0.506 e. The number of ether oxygens (including phenoxy) is 1. The fourth-order valence-corrected chi connectivity index (χ4v) is 3.34. The van der Waals surface area contributed by atoms with Crippen LogP contribution in [0.1, 0.15) is 16.7 Å². The number of phenolic OH excluding ortho intramolecular Hbond substituents is 1. The van der Waals surface area contributed by atoms with Crippen molar-refractivity contribution < 1.29 is 14.6 Å². The molecule has 0 saturated carbocycles. The van der Waals surface area contributed by atoms with E-state index in [1.54, 1.807) is 24.3 Å². The van der Waals surface area contributed by atoms with Gasteiger partial charge in [-0.05, 0) is 86.7 Å². The van der Waals surface area contributed by atoms with Crippen LogP contribution in [-0.2, 0) is 4.79 Å². The van der Waals surface area contributed by atoms with E-state index in [0.29, 0.717) is 25.3 Å². The summed E-state index contributed by atoms with van der Waals surface area (Å²) in [5.41, 5.74) is 4.85. The highest BCUT2D eigenvalue weighted by molar-refractivity contribution is 9.11. The van der Waals surface area contributed by atoms with E-state index < -0.39 is 5.91 Å². The van der Waals surface area contributed by atoms with Gasteiger partial charge >= 0.3 is 0 Å². The Kier molecular flexibility index (Phi) is 6.87. The average molecular weight is 491 g/mol. The van der Waals surface area contributed by atoms with Gasteiger partial charge in [-0.15, -0.1) is 0 Å². The third-order valence-electron chi connectivity index (χ3n) is 3.22. The lowest BCUT2D eigenvalue weighted by atomic mass is 10.1. The van der Waals surface area contributed by atoms with E-state index in [1.807, 2.05) is 13.8 Å². The fraction of sp³-hybridized carbons (Fsp3) is 0.176. The minimum atomic E-state index is -0.390. The molecule has 0 aliphatic carbocycles. The first-order valence-electron chi connectivity index (χ1n) is 7.17. The number of phenols is 1. The summed E-state index contributed by atoms with van der Waals surface area (Å²) in [6.45, 7) is 3.59. The summed E-state index contributed by atoms with van der Waals surface area (Å²) in [7, 11) is 0. The lowest BCUT2D eigenvalue weighted by Gasteiger charge is -2.09. The summed E-state index contributed by atoms with van der Waals surface area (Å²) in [5, 5.41) is 14.2. The van der Waals surface area contributed by atoms with Gasteiger partial charge in [0.1, 0.15) is 11.5 Å². The monoisotopic (exact) mass is 488 g/mol. The molecule has 2 rings (SSSR count). The van der Waals surface area contributed by atoms with Gasteiger partial charge in [0.15, 0.2) is 6.61 Å². The first-order chi connectivity index (χ1) is 11.8. The van der Waals surface area contributed by atoms with Crippen LogP contribution in [0.2, 0.25) is 5.02 Å². The Labute approximate surface area is 167 Å². The van der Waals surface area contributed by atoms with Gasteiger partial charge in [0.05, 0.1) is 15.2 Å². The number of aryl methyl sites for hydroxylation is 2. The van der Waals surface area contributed by atoms with Crippen LogP contribution in [0.4, 0.5) is 0 Å². The number of aromatic hydroxyl groups is 1. The van der Waals surface area contributed by atoms with Gasteiger partial charge < -0.3 is 9.84 Å². The number of carbonyl (C=O) groups excluding carboxylic acids is 1. The first kappa shape index (κ1) is 19.8. The number of nitrogens with one attached hydrogen (secondary N) is 1. The number of carbonyl (C=O) groups is 1. The minimum absolute atomic E-state index is 0.100. The number of nitrogens with zero attached hydrogens (tertiary/aromatic N) is 1. The van der Waals surface area contributed by atoms with E-state index in [-0.39, 0.29) is 12.4 Å². The number of amides is 1. The van der Waals surface area contributed by atoms with Gasteiger partial charge in [-0.1, -0.05) is 11.6 Å². The molecule has 2 N–H and O–H groups in total. The molecule has 0 aliphatic rings. The third kappa shape index (κ3) is 5.45. The van der Waals surface area contributed by atoms with Crippen molar-refractivity contribution in [3.63, 3.8) is 0 Å². The first-order valence-corrected chi connectivity index (χ1v) is 9.13. The largest absolute Gasteiger partial charge is 0.506 e. The molecule has 2 aromatic carbocycles. The Morgan fingerprint density at radius 3 is 2.36 bits per heavy atom. The second kappa shape index (κ2) is 8.69. The lowest BCUT2D eigenvalue weighted by Crippen LogP contribution is -2.24. The summed E-state index contributed by atoms with van der Waals surface area (Å²) in [5.74, 6) is 0.284. The van der Waals surface area contributed by atoms with Gasteiger partial charge in [0.25, 0.3) is 5.91 Å². The highest BCUT2D eigenvalue weighted by atomic mass is 79.9. The summed E-state index contributed by atoms with van der Waals surface area (Å²) >= 11 is 12.5.